The van der Waals surface area contributed by atoms with Gasteiger partial charge in [-0.2, -0.15) is 0 Å². The van der Waals surface area contributed by atoms with Crippen LogP contribution in [0.5, 0.6) is 0 Å². The van der Waals surface area contributed by atoms with E-state index in [1.54, 1.807) is 7.05 Å². The normalized spacial score (nSPS) is 12.1. The third kappa shape index (κ3) is 4.86. The summed E-state index contributed by atoms with van der Waals surface area (Å²) in [5.41, 5.74) is 7.75. The van der Waals surface area contributed by atoms with Gasteiger partial charge in [-0.1, -0.05) is 32.9 Å². The number of nitrogens with two attached hydrogens (primary N) is 1. The van der Waals surface area contributed by atoms with Crippen LogP contribution in [0.3, 0.4) is 0 Å². The number of benzene rings is 1. The van der Waals surface area contributed by atoms with Crippen LogP contribution in [0.15, 0.2) is 24.3 Å². The number of hydrogen-bond donors (Lipinski definition) is 2. The molecular formula is C16H25N3O2. The van der Waals surface area contributed by atoms with Crippen LogP contribution in [0, 0.1) is 5.92 Å². The van der Waals surface area contributed by atoms with E-state index in [-0.39, 0.29) is 24.3 Å². The molecule has 21 heavy (non-hydrogen) atoms. The van der Waals surface area contributed by atoms with E-state index in [1.165, 1.54) is 10.5 Å². The Morgan fingerprint density at radius 2 is 1.81 bits per heavy atom. The first-order valence-electron chi connectivity index (χ1n) is 7.25. The average molecular weight is 291 g/mol. The van der Waals surface area contributed by atoms with Gasteiger partial charge in [-0.3, -0.25) is 9.59 Å². The smallest absolute Gasteiger partial charge is 0.246 e. The summed E-state index contributed by atoms with van der Waals surface area (Å²) in [6, 6.07) is 7.20. The summed E-state index contributed by atoms with van der Waals surface area (Å²) in [4.78, 5) is 25.3. The summed E-state index contributed by atoms with van der Waals surface area (Å²) in [5, 5.41) is 2.58. The maximum atomic E-state index is 12.1. The van der Waals surface area contributed by atoms with Crippen LogP contribution in [0.25, 0.3) is 0 Å². The molecule has 0 saturated heterocycles. The molecule has 0 saturated carbocycles. The zero-order valence-corrected chi connectivity index (χ0v) is 13.2. The maximum absolute atomic E-state index is 12.1. The quantitative estimate of drug-likeness (QED) is 0.830. The standard InChI is InChI=1S/C16H25N3O2/c1-5-12-6-8-13(9-7-12)19(4)14(20)10-18-16(21)15(17)11(2)3/h6-9,11,15H,5,10,17H2,1-4H3,(H,18,21)/t15-/m0/s1. The van der Waals surface area contributed by atoms with Crippen LogP contribution < -0.4 is 16.0 Å². The molecule has 0 aliphatic heterocycles. The highest BCUT2D eigenvalue weighted by Gasteiger charge is 2.19. The number of nitrogens with zero attached hydrogens (tertiary/aromatic N) is 1. The van der Waals surface area contributed by atoms with Crippen molar-refractivity contribution < 1.29 is 9.59 Å². The van der Waals surface area contributed by atoms with Gasteiger partial charge in [0.2, 0.25) is 11.8 Å². The van der Waals surface area contributed by atoms with Crippen molar-refractivity contribution in [3.05, 3.63) is 29.8 Å². The summed E-state index contributed by atoms with van der Waals surface area (Å²) in [7, 11) is 1.69. The maximum Gasteiger partial charge on any atom is 0.246 e. The molecule has 0 heterocycles. The van der Waals surface area contributed by atoms with Crippen LogP contribution in [0.2, 0.25) is 0 Å². The summed E-state index contributed by atoms with van der Waals surface area (Å²) in [6.45, 7) is 5.77. The van der Waals surface area contributed by atoms with Crippen molar-refractivity contribution in [2.75, 3.05) is 18.5 Å². The Balaban J connectivity index is 2.56. The first kappa shape index (κ1) is 17.2. The van der Waals surface area contributed by atoms with Gasteiger partial charge in [0.1, 0.15) is 0 Å². The van der Waals surface area contributed by atoms with Gasteiger partial charge >= 0.3 is 0 Å². The third-order valence-corrected chi connectivity index (χ3v) is 3.54. The fraction of sp³-hybridized carbons (Fsp3) is 0.500. The molecule has 0 fully saturated rings. The molecule has 5 nitrogen and oxygen atoms in total. The fourth-order valence-electron chi connectivity index (χ4n) is 1.80. The van der Waals surface area contributed by atoms with E-state index in [0.29, 0.717) is 0 Å². The van der Waals surface area contributed by atoms with Gasteiger partial charge in [-0.25, -0.2) is 0 Å². The number of anilines is 1. The topological polar surface area (TPSA) is 75.4 Å². The first-order chi connectivity index (χ1) is 9.86. The lowest BCUT2D eigenvalue weighted by Gasteiger charge is -2.19. The molecule has 1 rings (SSSR count). The minimum Gasteiger partial charge on any atom is -0.346 e. The zero-order chi connectivity index (χ0) is 16.0. The fourth-order valence-corrected chi connectivity index (χ4v) is 1.80. The zero-order valence-electron chi connectivity index (χ0n) is 13.2. The summed E-state index contributed by atoms with van der Waals surface area (Å²) in [6.07, 6.45) is 0.959. The van der Waals surface area contributed by atoms with E-state index in [4.69, 9.17) is 5.73 Å². The predicted molar refractivity (Wildman–Crippen MR) is 85.1 cm³/mol. The van der Waals surface area contributed by atoms with Crippen molar-refractivity contribution in [2.24, 2.45) is 11.7 Å². The van der Waals surface area contributed by atoms with Gasteiger partial charge in [0, 0.05) is 12.7 Å². The molecule has 3 N–H and O–H groups in total. The second-order valence-electron chi connectivity index (χ2n) is 5.46. The van der Waals surface area contributed by atoms with Gasteiger partial charge in [0.25, 0.3) is 0 Å². The van der Waals surface area contributed by atoms with Crippen LogP contribution in [0.1, 0.15) is 26.3 Å². The predicted octanol–water partition coefficient (Wildman–Crippen LogP) is 1.31. The minimum atomic E-state index is -0.591. The molecule has 0 bridgehead atoms. The first-order valence-corrected chi connectivity index (χ1v) is 7.25. The summed E-state index contributed by atoms with van der Waals surface area (Å²) < 4.78 is 0. The van der Waals surface area contributed by atoms with Crippen LogP contribution in [0.4, 0.5) is 5.69 Å². The van der Waals surface area contributed by atoms with Crippen molar-refractivity contribution in [3.63, 3.8) is 0 Å². The molecule has 116 valence electrons. The van der Waals surface area contributed by atoms with E-state index in [2.05, 4.69) is 12.2 Å². The van der Waals surface area contributed by atoms with E-state index < -0.39 is 6.04 Å². The van der Waals surface area contributed by atoms with E-state index in [1.807, 2.05) is 38.1 Å². The van der Waals surface area contributed by atoms with E-state index in [0.717, 1.165) is 12.1 Å². The molecule has 0 aromatic heterocycles. The summed E-state index contributed by atoms with van der Waals surface area (Å²) >= 11 is 0. The Morgan fingerprint density at radius 3 is 2.29 bits per heavy atom. The average Bonchev–Trinajstić information content (AvgIpc) is 2.50. The second-order valence-corrected chi connectivity index (χ2v) is 5.46. The highest BCUT2D eigenvalue weighted by atomic mass is 16.2. The van der Waals surface area contributed by atoms with E-state index in [9.17, 15) is 9.59 Å². The van der Waals surface area contributed by atoms with Crippen LogP contribution in [-0.4, -0.2) is 31.4 Å². The van der Waals surface area contributed by atoms with Crippen molar-refractivity contribution >= 4 is 17.5 Å². The molecule has 0 radical (unpaired) electrons. The van der Waals surface area contributed by atoms with Crippen LogP contribution in [-0.2, 0) is 16.0 Å². The van der Waals surface area contributed by atoms with Gasteiger partial charge in [0.05, 0.1) is 12.6 Å². The van der Waals surface area contributed by atoms with E-state index >= 15 is 0 Å². The number of carbonyl (C=O) groups is 2. The number of rotatable bonds is 6. The van der Waals surface area contributed by atoms with Crippen molar-refractivity contribution in [2.45, 2.75) is 33.2 Å². The molecule has 2 amide bonds. The number of hydrogen-bond acceptors (Lipinski definition) is 3. The lowest BCUT2D eigenvalue weighted by Crippen LogP contribution is -2.47. The molecular weight excluding hydrogens is 266 g/mol. The Hall–Kier alpha value is -1.88. The molecule has 0 spiro atoms. The largest absolute Gasteiger partial charge is 0.346 e. The molecule has 1 aromatic carbocycles. The second kappa shape index (κ2) is 7.78. The van der Waals surface area contributed by atoms with Crippen molar-refractivity contribution in [3.8, 4) is 0 Å². The van der Waals surface area contributed by atoms with Gasteiger partial charge in [0.15, 0.2) is 0 Å². The number of amides is 2. The molecule has 1 aromatic rings. The number of aryl methyl sites for hydroxylation is 1. The lowest BCUT2D eigenvalue weighted by molar-refractivity contribution is -0.126. The number of nitrogens with one attached hydrogen (secondary N) is 1. The third-order valence-electron chi connectivity index (χ3n) is 3.54. The Bertz CT molecular complexity index is 483. The van der Waals surface area contributed by atoms with Gasteiger partial charge < -0.3 is 16.0 Å². The number of carbonyl (C=O) groups excluding carboxylic acids is 2. The molecule has 5 heteroatoms. The SMILES string of the molecule is CCc1ccc(N(C)C(=O)CNC(=O)[C@@H](N)C(C)C)cc1. The minimum absolute atomic E-state index is 0.0411. The molecule has 0 aliphatic carbocycles. The molecule has 0 aliphatic rings. The molecule has 0 unspecified atom stereocenters. The summed E-state index contributed by atoms with van der Waals surface area (Å²) in [5.74, 6) is -0.434. The Kier molecular flexibility index (Phi) is 6.37. The monoisotopic (exact) mass is 291 g/mol. The van der Waals surface area contributed by atoms with Crippen molar-refractivity contribution in [1.29, 1.82) is 0 Å². The van der Waals surface area contributed by atoms with Gasteiger partial charge in [-0.05, 0) is 30.0 Å². The Morgan fingerprint density at radius 1 is 1.24 bits per heavy atom. The lowest BCUT2D eigenvalue weighted by atomic mass is 10.1. The molecule has 1 atom stereocenters. The van der Waals surface area contributed by atoms with Crippen LogP contribution >= 0.6 is 0 Å². The number of likely N-dealkylation sites (N-methyl/N-ethyl adjacent to an activating group) is 1. The van der Waals surface area contributed by atoms with Gasteiger partial charge in [-0.15, -0.1) is 0 Å². The highest BCUT2D eigenvalue weighted by molar-refractivity contribution is 5.96. The van der Waals surface area contributed by atoms with Crippen molar-refractivity contribution in [1.82, 2.24) is 5.32 Å². The highest BCUT2D eigenvalue weighted by Crippen LogP contribution is 2.14. The Labute approximate surface area is 126 Å².